The number of ether oxygens (including phenoxy) is 5. The monoisotopic (exact) mass is 808 g/mol. The molecule has 0 spiro atoms. The quantitative estimate of drug-likeness (QED) is 0.135. The van der Waals surface area contributed by atoms with Gasteiger partial charge in [-0.25, -0.2) is 0 Å². The Morgan fingerprint density at radius 2 is 1.24 bits per heavy atom. The maximum absolute atomic E-state index is 13.6. The van der Waals surface area contributed by atoms with E-state index in [2.05, 4.69) is 43.5 Å². The fraction of sp³-hybridized carbons (Fsp3) is 0.432. The molecule has 58 heavy (non-hydrogen) atoms. The molecule has 2 saturated heterocycles. The smallest absolute Gasteiger partial charge is 0.257 e. The molecule has 2 fully saturated rings. The number of carbonyl (C=O) groups excluding carboxylic acids is 2. The van der Waals surface area contributed by atoms with Crippen LogP contribution in [0.25, 0.3) is 0 Å². The Morgan fingerprint density at radius 3 is 1.67 bits per heavy atom. The number of hydrogen-bond acceptors (Lipinski definition) is 12. The van der Waals surface area contributed by atoms with E-state index in [1.165, 1.54) is 11.1 Å². The molecular formula is C44H52N6O7S. The highest BCUT2D eigenvalue weighted by molar-refractivity contribution is 7.81. The number of thiol groups is 1. The molecule has 4 aliphatic heterocycles. The SMILES string of the molecule is CC=C1C[C@H]2C=Nc3cc(OCc4cc(OCCN(C)CC(C)(C)S)cc(COc5cc6c(cc5OC)C(=O)N5CC(=CC)C[C@H]5C=N6)n4)c(OC)cc3C(=O)N2C1. The van der Waals surface area contributed by atoms with Crippen molar-refractivity contribution < 1.29 is 33.3 Å². The second-order valence-electron chi connectivity index (χ2n) is 15.7. The zero-order chi connectivity index (χ0) is 41.1. The number of aliphatic imine (C=N–C) groups is 2. The van der Waals surface area contributed by atoms with Crippen LogP contribution >= 0.6 is 12.6 Å². The first-order valence-corrected chi connectivity index (χ1v) is 20.0. The molecule has 0 saturated carbocycles. The summed E-state index contributed by atoms with van der Waals surface area (Å²) in [6.45, 7) is 11.3. The summed E-state index contributed by atoms with van der Waals surface area (Å²) in [4.78, 5) is 47.4. The maximum atomic E-state index is 13.6. The van der Waals surface area contributed by atoms with Gasteiger partial charge in [0.15, 0.2) is 23.0 Å². The standard InChI is InChI=1S/C44H52N6O7S/c1-8-27-12-31-20-45-36-18-40(38(53-6)16-34(36)42(51)49(31)22-27)56-24-29-14-33(55-11-10-48(5)26-44(3,4)58)15-30(47-29)25-57-41-19-37-35(17-39(41)54-7)43(52)50-23-28(9-2)13-32(50)21-46-37/h8-9,14-21,31-32,58H,10-13,22-26H2,1-7H3/t31-,32-/m0/s1. The average Bonchev–Trinajstić information content (AvgIpc) is 3.77. The van der Waals surface area contributed by atoms with Crippen molar-refractivity contribution in [2.75, 3.05) is 54.1 Å². The van der Waals surface area contributed by atoms with Crippen molar-refractivity contribution in [3.63, 3.8) is 0 Å². The normalized spacial score (nSPS) is 19.9. The van der Waals surface area contributed by atoms with Crippen LogP contribution in [0.2, 0.25) is 0 Å². The van der Waals surface area contributed by atoms with Gasteiger partial charge < -0.3 is 38.4 Å². The van der Waals surface area contributed by atoms with Gasteiger partial charge in [-0.3, -0.25) is 24.6 Å². The molecule has 2 atom stereocenters. The summed E-state index contributed by atoms with van der Waals surface area (Å²) in [7, 11) is 5.13. The number of benzene rings is 2. The molecule has 14 heteroatoms. The first kappa shape index (κ1) is 40.8. The summed E-state index contributed by atoms with van der Waals surface area (Å²) >= 11 is 4.67. The van der Waals surface area contributed by atoms with E-state index in [4.69, 9.17) is 38.7 Å². The van der Waals surface area contributed by atoms with E-state index in [0.29, 0.717) is 88.9 Å². The Balaban J connectivity index is 1.12. The fourth-order valence-corrected chi connectivity index (χ4v) is 7.98. The van der Waals surface area contributed by atoms with Crippen LogP contribution in [0.3, 0.4) is 0 Å². The Morgan fingerprint density at radius 1 is 0.759 bits per heavy atom. The fourth-order valence-electron chi connectivity index (χ4n) is 7.74. The average molecular weight is 809 g/mol. The summed E-state index contributed by atoms with van der Waals surface area (Å²) in [5.41, 5.74) is 5.57. The number of fused-ring (bicyclic) bond motifs is 4. The third-order valence-electron chi connectivity index (χ3n) is 10.7. The predicted octanol–water partition coefficient (Wildman–Crippen LogP) is 7.03. The third-order valence-corrected chi connectivity index (χ3v) is 10.8. The minimum Gasteiger partial charge on any atom is -0.493 e. The van der Waals surface area contributed by atoms with Crippen molar-refractivity contribution in [3.05, 3.63) is 82.2 Å². The first-order valence-electron chi connectivity index (χ1n) is 19.6. The lowest BCUT2D eigenvalue weighted by atomic mass is 10.1. The van der Waals surface area contributed by atoms with Crippen LogP contribution < -0.4 is 23.7 Å². The second kappa shape index (κ2) is 17.3. The van der Waals surface area contributed by atoms with Crippen LogP contribution in [0.15, 0.2) is 69.7 Å². The van der Waals surface area contributed by atoms with E-state index >= 15 is 0 Å². The lowest BCUT2D eigenvalue weighted by Gasteiger charge is -2.25. The molecule has 3 aromatic rings. The van der Waals surface area contributed by atoms with Gasteiger partial charge in [-0.2, -0.15) is 12.6 Å². The van der Waals surface area contributed by atoms with E-state index in [9.17, 15) is 9.59 Å². The molecule has 5 heterocycles. The highest BCUT2D eigenvalue weighted by atomic mass is 32.1. The number of carbonyl (C=O) groups is 2. The van der Waals surface area contributed by atoms with Crippen LogP contribution in [0.5, 0.6) is 28.7 Å². The molecule has 1 aromatic heterocycles. The molecule has 0 unspecified atom stereocenters. The van der Waals surface area contributed by atoms with Gasteiger partial charge in [-0.05, 0) is 59.7 Å². The van der Waals surface area contributed by atoms with Gasteiger partial charge in [0.1, 0.15) is 25.6 Å². The van der Waals surface area contributed by atoms with Crippen LogP contribution in [0, 0.1) is 0 Å². The molecular weight excluding hydrogens is 757 g/mol. The molecule has 7 rings (SSSR count). The summed E-state index contributed by atoms with van der Waals surface area (Å²) in [6.07, 6.45) is 9.34. The Bertz CT molecular complexity index is 2060. The Labute approximate surface area is 345 Å². The molecule has 4 aliphatic rings. The number of rotatable bonds is 14. The van der Waals surface area contributed by atoms with Gasteiger partial charge in [0.05, 0.1) is 60.2 Å². The van der Waals surface area contributed by atoms with E-state index in [0.717, 1.165) is 19.4 Å². The van der Waals surface area contributed by atoms with Crippen LogP contribution in [0.1, 0.15) is 72.6 Å². The summed E-state index contributed by atoms with van der Waals surface area (Å²) in [5.74, 6) is 2.10. The number of likely N-dealkylation sites (N-methyl/N-ethyl adjacent to an activating group) is 1. The summed E-state index contributed by atoms with van der Waals surface area (Å²) in [5, 5.41) is 0. The third kappa shape index (κ3) is 9.02. The summed E-state index contributed by atoms with van der Waals surface area (Å²) < 4.78 is 30.2. The Hall–Kier alpha value is -5.34. The van der Waals surface area contributed by atoms with Gasteiger partial charge in [0.2, 0.25) is 0 Å². The van der Waals surface area contributed by atoms with Gasteiger partial charge in [0.25, 0.3) is 11.8 Å². The molecule has 0 N–H and O–H groups in total. The maximum Gasteiger partial charge on any atom is 0.257 e. The highest BCUT2D eigenvalue weighted by Gasteiger charge is 2.36. The van der Waals surface area contributed by atoms with Crippen molar-refractivity contribution in [2.24, 2.45) is 9.98 Å². The van der Waals surface area contributed by atoms with Gasteiger partial charge in [-0.1, -0.05) is 23.3 Å². The van der Waals surface area contributed by atoms with Crippen molar-refractivity contribution in [1.82, 2.24) is 19.7 Å². The number of allylic oxidation sites excluding steroid dienone is 2. The van der Waals surface area contributed by atoms with Gasteiger partial charge in [0, 0.05) is 67.6 Å². The van der Waals surface area contributed by atoms with Gasteiger partial charge >= 0.3 is 0 Å². The van der Waals surface area contributed by atoms with Crippen LogP contribution in [-0.4, -0.2) is 115 Å². The number of methoxy groups -OCH3 is 2. The lowest BCUT2D eigenvalue weighted by Crippen LogP contribution is -2.35. The molecule has 2 aromatic carbocycles. The van der Waals surface area contributed by atoms with Crippen molar-refractivity contribution in [2.45, 2.75) is 70.6 Å². The number of hydrogen-bond donors (Lipinski definition) is 1. The minimum absolute atomic E-state index is 0.0652. The number of amides is 2. The topological polar surface area (TPSA) is 128 Å². The largest absolute Gasteiger partial charge is 0.493 e. The first-order chi connectivity index (χ1) is 27.9. The van der Waals surface area contributed by atoms with Crippen LogP contribution in [0.4, 0.5) is 11.4 Å². The zero-order valence-electron chi connectivity index (χ0n) is 34.3. The number of pyridine rings is 1. The second-order valence-corrected chi connectivity index (χ2v) is 16.9. The van der Waals surface area contributed by atoms with Gasteiger partial charge in [-0.15, -0.1) is 0 Å². The molecule has 306 valence electrons. The van der Waals surface area contributed by atoms with Crippen molar-refractivity contribution >= 4 is 48.2 Å². The van der Waals surface area contributed by atoms with Crippen molar-refractivity contribution in [3.8, 4) is 28.7 Å². The van der Waals surface area contributed by atoms with E-state index in [1.54, 1.807) is 38.5 Å². The van der Waals surface area contributed by atoms with E-state index in [1.807, 2.05) is 55.3 Å². The van der Waals surface area contributed by atoms with Crippen molar-refractivity contribution in [1.29, 1.82) is 0 Å². The van der Waals surface area contributed by atoms with E-state index in [-0.39, 0.29) is 41.9 Å². The Kier molecular flexibility index (Phi) is 12.1. The summed E-state index contributed by atoms with van der Waals surface area (Å²) in [6, 6.07) is 10.4. The van der Waals surface area contributed by atoms with E-state index < -0.39 is 0 Å². The lowest BCUT2D eigenvalue weighted by molar-refractivity contribution is 0.0769. The molecule has 0 radical (unpaired) electrons. The minimum atomic E-state index is -0.148. The predicted molar refractivity (Wildman–Crippen MR) is 228 cm³/mol. The van der Waals surface area contributed by atoms with Crippen LogP contribution in [-0.2, 0) is 13.2 Å². The molecule has 2 amide bonds. The molecule has 0 bridgehead atoms. The molecule has 13 nitrogen and oxygen atoms in total. The number of aromatic nitrogens is 1. The number of nitrogens with zero attached hydrogens (tertiary/aromatic N) is 6. The molecule has 0 aliphatic carbocycles. The zero-order valence-corrected chi connectivity index (χ0v) is 35.2. The highest BCUT2D eigenvalue weighted by Crippen LogP contribution is 2.41.